The summed E-state index contributed by atoms with van der Waals surface area (Å²) in [7, 11) is 0. The first kappa shape index (κ1) is 24.8. The summed E-state index contributed by atoms with van der Waals surface area (Å²) >= 11 is 0. The van der Waals surface area contributed by atoms with E-state index in [0.29, 0.717) is 24.3 Å². The van der Waals surface area contributed by atoms with E-state index in [0.717, 1.165) is 17.5 Å². The molecule has 0 saturated carbocycles. The minimum absolute atomic E-state index is 0.00166. The molecule has 0 aliphatic heterocycles. The lowest BCUT2D eigenvalue weighted by Crippen LogP contribution is -2.34. The summed E-state index contributed by atoms with van der Waals surface area (Å²) in [6.45, 7) is 1.14. The summed E-state index contributed by atoms with van der Waals surface area (Å²) in [6, 6.07) is 30.2. The SMILES string of the molecule is NC(CC(=O)N(CCc1ccccc1)Cc1ccccc1)c1ccc(C(=O)Nc2ccncc2)cc1. The van der Waals surface area contributed by atoms with Crippen molar-refractivity contribution in [3.63, 3.8) is 0 Å². The van der Waals surface area contributed by atoms with Gasteiger partial charge in [0.15, 0.2) is 0 Å². The van der Waals surface area contributed by atoms with Crippen molar-refractivity contribution in [3.05, 3.63) is 132 Å². The zero-order chi connectivity index (χ0) is 25.2. The van der Waals surface area contributed by atoms with Gasteiger partial charge in [-0.15, -0.1) is 0 Å². The van der Waals surface area contributed by atoms with Gasteiger partial charge in [0, 0.05) is 49.2 Å². The molecule has 1 atom stereocenters. The summed E-state index contributed by atoms with van der Waals surface area (Å²) in [5.41, 5.74) is 10.7. The van der Waals surface area contributed by atoms with Gasteiger partial charge in [-0.25, -0.2) is 0 Å². The Morgan fingerprint density at radius 3 is 2.06 bits per heavy atom. The number of carbonyl (C=O) groups excluding carboxylic acids is 2. The van der Waals surface area contributed by atoms with Crippen LogP contribution in [0.25, 0.3) is 0 Å². The molecule has 6 heteroatoms. The van der Waals surface area contributed by atoms with Crippen LogP contribution in [-0.4, -0.2) is 28.2 Å². The minimum atomic E-state index is -0.468. The zero-order valence-corrected chi connectivity index (χ0v) is 20.1. The molecule has 4 rings (SSSR count). The highest BCUT2D eigenvalue weighted by Gasteiger charge is 2.19. The number of aromatic nitrogens is 1. The zero-order valence-electron chi connectivity index (χ0n) is 20.1. The molecule has 1 heterocycles. The first-order valence-corrected chi connectivity index (χ1v) is 12.0. The molecule has 3 aromatic carbocycles. The van der Waals surface area contributed by atoms with Crippen LogP contribution in [0.3, 0.4) is 0 Å². The number of nitrogens with two attached hydrogens (primary N) is 1. The Kier molecular flexibility index (Phi) is 8.57. The largest absolute Gasteiger partial charge is 0.338 e. The number of anilines is 1. The predicted octanol–water partition coefficient (Wildman–Crippen LogP) is 5.00. The van der Waals surface area contributed by atoms with E-state index < -0.39 is 6.04 Å². The number of nitrogens with one attached hydrogen (secondary N) is 1. The van der Waals surface area contributed by atoms with Crippen LogP contribution in [0.1, 0.15) is 39.5 Å². The van der Waals surface area contributed by atoms with E-state index >= 15 is 0 Å². The molecule has 0 radical (unpaired) electrons. The number of amides is 2. The molecule has 182 valence electrons. The molecule has 3 N–H and O–H groups in total. The van der Waals surface area contributed by atoms with Crippen LogP contribution in [0.4, 0.5) is 5.69 Å². The average Bonchev–Trinajstić information content (AvgIpc) is 2.92. The molecule has 1 unspecified atom stereocenters. The van der Waals surface area contributed by atoms with Gasteiger partial charge in [-0.2, -0.15) is 0 Å². The molecular formula is C30H30N4O2. The molecule has 6 nitrogen and oxygen atoms in total. The average molecular weight is 479 g/mol. The highest BCUT2D eigenvalue weighted by atomic mass is 16.2. The third kappa shape index (κ3) is 7.10. The summed E-state index contributed by atoms with van der Waals surface area (Å²) < 4.78 is 0. The Labute approximate surface area is 211 Å². The Bertz CT molecular complexity index is 1250. The summed E-state index contributed by atoms with van der Waals surface area (Å²) in [6.07, 6.45) is 4.20. The fourth-order valence-corrected chi connectivity index (χ4v) is 3.96. The third-order valence-electron chi connectivity index (χ3n) is 6.02. The van der Waals surface area contributed by atoms with E-state index in [1.165, 1.54) is 5.56 Å². The quantitative estimate of drug-likeness (QED) is 0.336. The van der Waals surface area contributed by atoms with Crippen molar-refractivity contribution in [1.29, 1.82) is 0 Å². The number of hydrogen-bond donors (Lipinski definition) is 2. The van der Waals surface area contributed by atoms with Crippen molar-refractivity contribution in [2.24, 2.45) is 5.73 Å². The van der Waals surface area contributed by atoms with Gasteiger partial charge in [-0.05, 0) is 47.4 Å². The van der Waals surface area contributed by atoms with Gasteiger partial charge < -0.3 is 16.0 Å². The summed E-state index contributed by atoms with van der Waals surface area (Å²) in [5.74, 6) is -0.214. The predicted molar refractivity (Wildman–Crippen MR) is 142 cm³/mol. The minimum Gasteiger partial charge on any atom is -0.338 e. The first-order chi connectivity index (χ1) is 17.6. The maximum Gasteiger partial charge on any atom is 0.255 e. The topological polar surface area (TPSA) is 88.3 Å². The lowest BCUT2D eigenvalue weighted by Gasteiger charge is -2.25. The van der Waals surface area contributed by atoms with Crippen molar-refractivity contribution in [2.75, 3.05) is 11.9 Å². The van der Waals surface area contributed by atoms with E-state index in [-0.39, 0.29) is 18.2 Å². The third-order valence-corrected chi connectivity index (χ3v) is 6.02. The number of nitrogens with zero attached hydrogens (tertiary/aromatic N) is 2. The van der Waals surface area contributed by atoms with Crippen molar-refractivity contribution in [1.82, 2.24) is 9.88 Å². The normalized spacial score (nSPS) is 11.5. The van der Waals surface area contributed by atoms with Crippen LogP contribution in [0.5, 0.6) is 0 Å². The Balaban J connectivity index is 1.39. The number of carbonyl (C=O) groups is 2. The van der Waals surface area contributed by atoms with E-state index in [9.17, 15) is 9.59 Å². The van der Waals surface area contributed by atoms with Crippen LogP contribution >= 0.6 is 0 Å². The smallest absolute Gasteiger partial charge is 0.255 e. The van der Waals surface area contributed by atoms with Crippen LogP contribution in [0, 0.1) is 0 Å². The maximum atomic E-state index is 13.3. The van der Waals surface area contributed by atoms with Gasteiger partial charge >= 0.3 is 0 Å². The van der Waals surface area contributed by atoms with Crippen molar-refractivity contribution < 1.29 is 9.59 Å². The number of pyridine rings is 1. The van der Waals surface area contributed by atoms with Crippen molar-refractivity contribution in [3.8, 4) is 0 Å². The highest BCUT2D eigenvalue weighted by Crippen LogP contribution is 2.19. The first-order valence-electron chi connectivity index (χ1n) is 12.0. The van der Waals surface area contributed by atoms with Gasteiger partial charge in [0.05, 0.1) is 0 Å². The van der Waals surface area contributed by atoms with Crippen LogP contribution in [0.15, 0.2) is 109 Å². The maximum absolute atomic E-state index is 13.3. The van der Waals surface area contributed by atoms with Gasteiger partial charge in [0.2, 0.25) is 5.91 Å². The fraction of sp³-hybridized carbons (Fsp3) is 0.167. The van der Waals surface area contributed by atoms with Crippen LogP contribution < -0.4 is 11.1 Å². The van der Waals surface area contributed by atoms with E-state index in [1.54, 1.807) is 36.7 Å². The van der Waals surface area contributed by atoms with E-state index in [2.05, 4.69) is 22.4 Å². The van der Waals surface area contributed by atoms with E-state index in [4.69, 9.17) is 5.73 Å². The van der Waals surface area contributed by atoms with Gasteiger partial charge in [-0.3, -0.25) is 14.6 Å². The number of hydrogen-bond acceptors (Lipinski definition) is 4. The highest BCUT2D eigenvalue weighted by molar-refractivity contribution is 6.04. The van der Waals surface area contributed by atoms with Crippen molar-refractivity contribution in [2.45, 2.75) is 25.4 Å². The number of rotatable bonds is 10. The van der Waals surface area contributed by atoms with Crippen LogP contribution in [-0.2, 0) is 17.8 Å². The van der Waals surface area contributed by atoms with Crippen molar-refractivity contribution >= 4 is 17.5 Å². The molecule has 36 heavy (non-hydrogen) atoms. The number of benzene rings is 3. The van der Waals surface area contributed by atoms with E-state index in [1.807, 2.05) is 65.6 Å². The second kappa shape index (κ2) is 12.4. The summed E-state index contributed by atoms with van der Waals surface area (Å²) in [4.78, 5) is 31.6. The monoisotopic (exact) mass is 478 g/mol. The molecule has 0 spiro atoms. The summed E-state index contributed by atoms with van der Waals surface area (Å²) in [5, 5.41) is 2.83. The Hall–Kier alpha value is -4.29. The second-order valence-electron chi connectivity index (χ2n) is 8.66. The molecule has 0 saturated heterocycles. The lowest BCUT2D eigenvalue weighted by molar-refractivity contribution is -0.132. The molecule has 4 aromatic rings. The van der Waals surface area contributed by atoms with Gasteiger partial charge in [0.1, 0.15) is 0 Å². The molecule has 0 fully saturated rings. The molecule has 0 bridgehead atoms. The van der Waals surface area contributed by atoms with Gasteiger partial charge in [-0.1, -0.05) is 72.8 Å². The van der Waals surface area contributed by atoms with Crippen LogP contribution in [0.2, 0.25) is 0 Å². The molecule has 0 aliphatic rings. The molecule has 1 aromatic heterocycles. The Morgan fingerprint density at radius 1 is 0.806 bits per heavy atom. The molecule has 2 amide bonds. The molecule has 0 aliphatic carbocycles. The standard InChI is InChI=1S/C30H30N4O2/c31-28(25-11-13-26(14-12-25)30(36)33-27-15-18-32-19-16-27)21-29(35)34(22-24-9-5-2-6-10-24)20-17-23-7-3-1-4-8-23/h1-16,18-19,28H,17,20-22,31H2,(H,32,33,36). The lowest BCUT2D eigenvalue weighted by atomic mass is 10.0. The second-order valence-corrected chi connectivity index (χ2v) is 8.66. The van der Waals surface area contributed by atoms with Gasteiger partial charge in [0.25, 0.3) is 5.91 Å². The fourth-order valence-electron chi connectivity index (χ4n) is 3.96. The molecular weight excluding hydrogens is 448 g/mol. The Morgan fingerprint density at radius 2 is 1.42 bits per heavy atom.